The van der Waals surface area contributed by atoms with Gasteiger partial charge in [0.15, 0.2) is 14.9 Å². The second-order valence-corrected chi connectivity index (χ2v) is 5.08. The molecule has 4 nitrogen and oxygen atoms in total. The molecule has 0 saturated carbocycles. The number of fused-ring (bicyclic) bond motifs is 1. The zero-order valence-electron chi connectivity index (χ0n) is 7.24. The molecule has 1 aliphatic rings. The van der Waals surface area contributed by atoms with Crippen molar-refractivity contribution in [1.82, 2.24) is 4.98 Å². The molecule has 0 radical (unpaired) electrons. The van der Waals surface area contributed by atoms with Gasteiger partial charge in [0.05, 0.1) is 11.4 Å². The molecule has 0 amide bonds. The highest BCUT2D eigenvalue weighted by atomic mass is 32.2. The monoisotopic (exact) mass is 198 g/mol. The third-order valence-electron chi connectivity index (χ3n) is 1.98. The third kappa shape index (κ3) is 1.39. The largest absolute Gasteiger partial charge is 0.382 e. The maximum absolute atomic E-state index is 11.5. The van der Waals surface area contributed by atoms with Gasteiger partial charge in [0, 0.05) is 12.2 Å². The van der Waals surface area contributed by atoms with Crippen LogP contribution in [-0.4, -0.2) is 25.7 Å². The molecule has 0 unspecified atom stereocenters. The predicted molar refractivity (Wildman–Crippen MR) is 49.5 cm³/mol. The third-order valence-corrected chi connectivity index (χ3v) is 3.62. The Morgan fingerprint density at radius 1 is 1.46 bits per heavy atom. The molecule has 0 spiro atoms. The molecule has 5 heteroatoms. The lowest BCUT2D eigenvalue weighted by molar-refractivity contribution is 0.590. The highest BCUT2D eigenvalue weighted by Crippen LogP contribution is 2.23. The van der Waals surface area contributed by atoms with Crippen LogP contribution in [0.4, 0.5) is 5.69 Å². The summed E-state index contributed by atoms with van der Waals surface area (Å²) in [5.74, 6) is 0.135. The second kappa shape index (κ2) is 2.70. The van der Waals surface area contributed by atoms with Gasteiger partial charge < -0.3 is 5.32 Å². The van der Waals surface area contributed by atoms with Crippen molar-refractivity contribution in [3.63, 3.8) is 0 Å². The molecule has 0 atom stereocenters. The van der Waals surface area contributed by atoms with Crippen molar-refractivity contribution in [3.8, 4) is 0 Å². The van der Waals surface area contributed by atoms with E-state index in [1.165, 1.54) is 0 Å². The molecule has 1 aliphatic heterocycles. The van der Waals surface area contributed by atoms with Crippen molar-refractivity contribution in [2.45, 2.75) is 11.9 Å². The SMILES string of the molecule is Cc1ccc2c(n1)S(=O)(=O)CCN2. The minimum Gasteiger partial charge on any atom is -0.382 e. The number of anilines is 1. The Morgan fingerprint density at radius 2 is 2.23 bits per heavy atom. The number of aryl methyl sites for hydroxylation is 1. The van der Waals surface area contributed by atoms with Crippen LogP contribution in [0.5, 0.6) is 0 Å². The Labute approximate surface area is 76.9 Å². The van der Waals surface area contributed by atoms with E-state index in [1.807, 2.05) is 0 Å². The lowest BCUT2D eigenvalue weighted by Crippen LogP contribution is -2.24. The van der Waals surface area contributed by atoms with Gasteiger partial charge in [0.2, 0.25) is 0 Å². The number of hydrogen-bond donors (Lipinski definition) is 1. The van der Waals surface area contributed by atoms with Gasteiger partial charge in [-0.15, -0.1) is 0 Å². The van der Waals surface area contributed by atoms with Gasteiger partial charge in [0.1, 0.15) is 0 Å². The summed E-state index contributed by atoms with van der Waals surface area (Å²) in [4.78, 5) is 4.02. The predicted octanol–water partition coefficient (Wildman–Crippen LogP) is 0.589. The molecule has 2 heterocycles. The molecule has 0 fully saturated rings. The van der Waals surface area contributed by atoms with Crippen molar-refractivity contribution in [2.24, 2.45) is 0 Å². The van der Waals surface area contributed by atoms with Crippen LogP contribution >= 0.6 is 0 Å². The maximum Gasteiger partial charge on any atom is 0.199 e. The van der Waals surface area contributed by atoms with E-state index in [0.29, 0.717) is 12.2 Å². The minimum absolute atomic E-state index is 0.135. The van der Waals surface area contributed by atoms with Crippen LogP contribution in [0.3, 0.4) is 0 Å². The number of pyridine rings is 1. The molecular formula is C8H10N2O2S. The fourth-order valence-electron chi connectivity index (χ4n) is 1.32. The van der Waals surface area contributed by atoms with E-state index in [4.69, 9.17) is 0 Å². The quantitative estimate of drug-likeness (QED) is 0.662. The molecule has 1 N–H and O–H groups in total. The summed E-state index contributed by atoms with van der Waals surface area (Å²) in [7, 11) is -3.14. The molecule has 0 aromatic carbocycles. The van der Waals surface area contributed by atoms with Crippen LogP contribution in [0, 0.1) is 6.92 Å². The summed E-state index contributed by atoms with van der Waals surface area (Å²) >= 11 is 0. The van der Waals surface area contributed by atoms with Crippen LogP contribution in [0.25, 0.3) is 0 Å². The van der Waals surface area contributed by atoms with Crippen LogP contribution in [0.1, 0.15) is 5.69 Å². The van der Waals surface area contributed by atoms with Crippen molar-refractivity contribution in [3.05, 3.63) is 17.8 Å². The van der Waals surface area contributed by atoms with Gasteiger partial charge in [-0.3, -0.25) is 0 Å². The van der Waals surface area contributed by atoms with Gasteiger partial charge in [-0.05, 0) is 19.1 Å². The first-order valence-electron chi connectivity index (χ1n) is 4.04. The molecule has 1 aromatic rings. The summed E-state index contributed by atoms with van der Waals surface area (Å²) in [5, 5.41) is 3.20. The molecule has 1 aromatic heterocycles. The molecular weight excluding hydrogens is 188 g/mol. The lowest BCUT2D eigenvalue weighted by Gasteiger charge is -2.17. The van der Waals surface area contributed by atoms with Crippen molar-refractivity contribution >= 4 is 15.5 Å². The smallest absolute Gasteiger partial charge is 0.199 e. The Bertz CT molecular complexity index is 439. The molecule has 0 aliphatic carbocycles. The number of nitrogens with one attached hydrogen (secondary N) is 1. The fraction of sp³-hybridized carbons (Fsp3) is 0.375. The number of nitrogens with zero attached hydrogens (tertiary/aromatic N) is 1. The zero-order chi connectivity index (χ0) is 9.47. The molecule has 0 bridgehead atoms. The number of sulfone groups is 1. The highest BCUT2D eigenvalue weighted by molar-refractivity contribution is 7.91. The van der Waals surface area contributed by atoms with E-state index in [9.17, 15) is 8.42 Å². The van der Waals surface area contributed by atoms with Crippen molar-refractivity contribution in [1.29, 1.82) is 0 Å². The molecule has 0 saturated heterocycles. The Morgan fingerprint density at radius 3 is 3.00 bits per heavy atom. The first-order valence-corrected chi connectivity index (χ1v) is 5.69. The van der Waals surface area contributed by atoms with Gasteiger partial charge in [-0.2, -0.15) is 0 Å². The topological polar surface area (TPSA) is 59.1 Å². The maximum atomic E-state index is 11.5. The summed E-state index contributed by atoms with van der Waals surface area (Å²) < 4.78 is 23.0. The minimum atomic E-state index is -3.14. The van der Waals surface area contributed by atoms with E-state index < -0.39 is 9.84 Å². The highest BCUT2D eigenvalue weighted by Gasteiger charge is 2.24. The van der Waals surface area contributed by atoms with Crippen molar-refractivity contribution < 1.29 is 8.42 Å². The average Bonchev–Trinajstić information content (AvgIpc) is 2.06. The Kier molecular flexibility index (Phi) is 1.76. The van der Waals surface area contributed by atoms with Crippen LogP contribution in [0.15, 0.2) is 17.2 Å². The summed E-state index contributed by atoms with van der Waals surface area (Å²) in [6.45, 7) is 2.25. The summed E-state index contributed by atoms with van der Waals surface area (Å²) in [6, 6.07) is 3.56. The van der Waals surface area contributed by atoms with Crippen LogP contribution in [-0.2, 0) is 9.84 Å². The van der Waals surface area contributed by atoms with Gasteiger partial charge >= 0.3 is 0 Å². The average molecular weight is 198 g/mol. The first kappa shape index (κ1) is 8.50. The van der Waals surface area contributed by atoms with Gasteiger partial charge in [-0.25, -0.2) is 13.4 Å². The fourth-order valence-corrected chi connectivity index (χ4v) is 2.64. The zero-order valence-corrected chi connectivity index (χ0v) is 8.06. The van der Waals surface area contributed by atoms with Gasteiger partial charge in [-0.1, -0.05) is 0 Å². The van der Waals surface area contributed by atoms with E-state index >= 15 is 0 Å². The van der Waals surface area contributed by atoms with E-state index in [2.05, 4.69) is 10.3 Å². The van der Waals surface area contributed by atoms with Crippen LogP contribution in [0.2, 0.25) is 0 Å². The Balaban J connectivity index is 2.68. The normalized spacial score (nSPS) is 18.8. The second-order valence-electron chi connectivity index (χ2n) is 3.05. The van der Waals surface area contributed by atoms with Gasteiger partial charge in [0.25, 0.3) is 0 Å². The van der Waals surface area contributed by atoms with E-state index in [0.717, 1.165) is 5.69 Å². The van der Waals surface area contributed by atoms with E-state index in [1.54, 1.807) is 19.1 Å². The van der Waals surface area contributed by atoms with Crippen molar-refractivity contribution in [2.75, 3.05) is 17.6 Å². The molecule has 70 valence electrons. The number of hydrogen-bond acceptors (Lipinski definition) is 4. The molecule has 13 heavy (non-hydrogen) atoms. The number of rotatable bonds is 0. The van der Waals surface area contributed by atoms with Crippen LogP contribution < -0.4 is 5.32 Å². The van der Waals surface area contributed by atoms with E-state index in [-0.39, 0.29) is 10.8 Å². The summed E-state index contributed by atoms with van der Waals surface area (Å²) in [5.41, 5.74) is 1.35. The first-order chi connectivity index (χ1) is 6.09. The summed E-state index contributed by atoms with van der Waals surface area (Å²) in [6.07, 6.45) is 0. The standard InChI is InChI=1S/C8H10N2O2S/c1-6-2-3-7-8(10-6)13(11,12)5-4-9-7/h2-3,9H,4-5H2,1H3. The molecule has 2 rings (SSSR count). The number of aromatic nitrogens is 1. The lowest BCUT2D eigenvalue weighted by atomic mass is 10.3. The Hall–Kier alpha value is -1.10.